The third kappa shape index (κ3) is 1.01. The molecule has 3 rings (SSSR count). The van der Waals surface area contributed by atoms with Crippen molar-refractivity contribution in [3.8, 4) is 0 Å². The lowest BCUT2D eigenvalue weighted by Crippen LogP contribution is -2.24. The van der Waals surface area contributed by atoms with Crippen LogP contribution in [-0.2, 0) is 4.87 Å². The molecule has 0 aliphatic heterocycles. The van der Waals surface area contributed by atoms with E-state index in [1.165, 1.54) is 31.2 Å². The van der Waals surface area contributed by atoms with Gasteiger partial charge in [-0.05, 0) is 43.1 Å². The molecule has 0 heterocycles. The SMILES string of the molecule is ClC1(c2ccccc2)C2CCC1CC2. The molecule has 14 heavy (non-hydrogen) atoms. The van der Waals surface area contributed by atoms with Gasteiger partial charge in [0.25, 0.3) is 0 Å². The van der Waals surface area contributed by atoms with Crippen LogP contribution in [-0.4, -0.2) is 0 Å². The number of benzene rings is 1. The maximum Gasteiger partial charge on any atom is 0.0751 e. The molecule has 1 aromatic rings. The molecule has 0 aromatic heterocycles. The predicted octanol–water partition coefficient (Wildman–Crippen LogP) is 3.94. The highest BCUT2D eigenvalue weighted by atomic mass is 35.5. The first-order valence-corrected chi connectivity index (χ1v) is 5.94. The molecule has 0 atom stereocenters. The van der Waals surface area contributed by atoms with Crippen LogP contribution < -0.4 is 0 Å². The largest absolute Gasteiger partial charge is 0.113 e. The maximum atomic E-state index is 6.86. The first kappa shape index (κ1) is 8.79. The van der Waals surface area contributed by atoms with Gasteiger partial charge in [-0.15, -0.1) is 11.6 Å². The lowest BCUT2D eigenvalue weighted by Gasteiger charge is -2.27. The van der Waals surface area contributed by atoms with Crippen LogP contribution in [0.4, 0.5) is 0 Å². The zero-order valence-corrected chi connectivity index (χ0v) is 9.00. The van der Waals surface area contributed by atoms with Gasteiger partial charge in [0.05, 0.1) is 4.87 Å². The molecule has 0 nitrogen and oxygen atoms in total. The van der Waals surface area contributed by atoms with Crippen LogP contribution in [0.2, 0.25) is 0 Å². The van der Waals surface area contributed by atoms with E-state index in [0.29, 0.717) is 0 Å². The molecule has 2 bridgehead atoms. The van der Waals surface area contributed by atoms with Gasteiger partial charge in [-0.2, -0.15) is 0 Å². The Labute approximate surface area is 90.3 Å². The Bertz CT molecular complexity index is 310. The summed E-state index contributed by atoms with van der Waals surface area (Å²) in [6, 6.07) is 10.7. The van der Waals surface area contributed by atoms with Gasteiger partial charge < -0.3 is 0 Å². The summed E-state index contributed by atoms with van der Waals surface area (Å²) in [5.41, 5.74) is 1.35. The van der Waals surface area contributed by atoms with E-state index in [1.807, 2.05) is 0 Å². The third-order valence-electron chi connectivity index (χ3n) is 4.13. The summed E-state index contributed by atoms with van der Waals surface area (Å²) in [5.74, 6) is 1.47. The minimum Gasteiger partial charge on any atom is -0.113 e. The fourth-order valence-electron chi connectivity index (χ4n) is 3.43. The standard InChI is InChI=1S/C13H15Cl/c14-13(10-4-2-1-3-5-10)11-6-7-12(13)9-8-11/h1-5,11-12H,6-9H2. The lowest BCUT2D eigenvalue weighted by molar-refractivity contribution is 0.468. The second-order valence-electron chi connectivity index (χ2n) is 4.68. The molecule has 2 aliphatic rings. The van der Waals surface area contributed by atoms with Crippen LogP contribution in [0.3, 0.4) is 0 Å². The zero-order chi connectivity index (χ0) is 9.60. The molecule has 1 aromatic carbocycles. The summed E-state index contributed by atoms with van der Waals surface area (Å²) >= 11 is 6.86. The Morgan fingerprint density at radius 1 is 0.929 bits per heavy atom. The van der Waals surface area contributed by atoms with Crippen molar-refractivity contribution in [2.24, 2.45) is 11.8 Å². The fraction of sp³-hybridized carbons (Fsp3) is 0.538. The summed E-state index contributed by atoms with van der Waals surface area (Å²) in [6.45, 7) is 0. The highest BCUT2D eigenvalue weighted by Gasteiger charge is 2.53. The number of hydrogen-bond donors (Lipinski definition) is 0. The van der Waals surface area contributed by atoms with Crippen molar-refractivity contribution >= 4 is 11.6 Å². The summed E-state index contributed by atoms with van der Waals surface area (Å²) in [6.07, 6.45) is 5.35. The molecular formula is C13H15Cl. The quantitative estimate of drug-likeness (QED) is 0.611. The van der Waals surface area contributed by atoms with E-state index in [9.17, 15) is 0 Å². The Hall–Kier alpha value is -0.490. The molecular weight excluding hydrogens is 192 g/mol. The van der Waals surface area contributed by atoms with E-state index in [0.717, 1.165) is 11.8 Å². The van der Waals surface area contributed by atoms with Gasteiger partial charge in [-0.25, -0.2) is 0 Å². The summed E-state index contributed by atoms with van der Waals surface area (Å²) < 4.78 is 0. The third-order valence-corrected chi connectivity index (χ3v) is 4.97. The van der Waals surface area contributed by atoms with Crippen LogP contribution in [0, 0.1) is 11.8 Å². The molecule has 2 saturated carbocycles. The second-order valence-corrected chi connectivity index (χ2v) is 5.31. The number of rotatable bonds is 1. The fourth-order valence-corrected chi connectivity index (χ4v) is 3.99. The Balaban J connectivity index is 2.05. The summed E-state index contributed by atoms with van der Waals surface area (Å²) in [4.78, 5) is -0.0126. The smallest absolute Gasteiger partial charge is 0.0751 e. The van der Waals surface area contributed by atoms with Gasteiger partial charge in [0.2, 0.25) is 0 Å². The average molecular weight is 207 g/mol. The van der Waals surface area contributed by atoms with E-state index >= 15 is 0 Å². The minimum atomic E-state index is -0.0126. The van der Waals surface area contributed by atoms with E-state index in [2.05, 4.69) is 30.3 Å². The van der Waals surface area contributed by atoms with E-state index in [4.69, 9.17) is 11.6 Å². The van der Waals surface area contributed by atoms with Crippen molar-refractivity contribution in [1.29, 1.82) is 0 Å². The van der Waals surface area contributed by atoms with Gasteiger partial charge in [0.1, 0.15) is 0 Å². The predicted molar refractivity (Wildman–Crippen MR) is 59.4 cm³/mol. The van der Waals surface area contributed by atoms with E-state index in [1.54, 1.807) is 0 Å². The molecule has 1 heteroatoms. The van der Waals surface area contributed by atoms with Crippen molar-refractivity contribution in [3.05, 3.63) is 35.9 Å². The van der Waals surface area contributed by atoms with Gasteiger partial charge in [0.15, 0.2) is 0 Å². The summed E-state index contributed by atoms with van der Waals surface area (Å²) in [7, 11) is 0. The van der Waals surface area contributed by atoms with E-state index in [-0.39, 0.29) is 4.87 Å². The maximum absolute atomic E-state index is 6.86. The van der Waals surface area contributed by atoms with Crippen molar-refractivity contribution in [2.45, 2.75) is 30.6 Å². The molecule has 74 valence electrons. The topological polar surface area (TPSA) is 0 Å². The van der Waals surface area contributed by atoms with Crippen molar-refractivity contribution < 1.29 is 0 Å². The van der Waals surface area contributed by atoms with Crippen LogP contribution in [0.15, 0.2) is 30.3 Å². The van der Waals surface area contributed by atoms with Gasteiger partial charge >= 0.3 is 0 Å². The van der Waals surface area contributed by atoms with Crippen molar-refractivity contribution in [1.82, 2.24) is 0 Å². The number of fused-ring (bicyclic) bond motifs is 2. The van der Waals surface area contributed by atoms with Crippen molar-refractivity contribution in [2.75, 3.05) is 0 Å². The zero-order valence-electron chi connectivity index (χ0n) is 8.25. The second kappa shape index (κ2) is 3.00. The first-order valence-electron chi connectivity index (χ1n) is 5.56. The van der Waals surface area contributed by atoms with Crippen LogP contribution in [0.25, 0.3) is 0 Å². The molecule has 0 saturated heterocycles. The van der Waals surface area contributed by atoms with Gasteiger partial charge in [-0.1, -0.05) is 30.3 Å². The molecule has 0 unspecified atom stereocenters. The summed E-state index contributed by atoms with van der Waals surface area (Å²) in [5, 5.41) is 0. The molecule has 0 spiro atoms. The van der Waals surface area contributed by atoms with Crippen molar-refractivity contribution in [3.63, 3.8) is 0 Å². The molecule has 0 N–H and O–H groups in total. The Morgan fingerprint density at radius 2 is 1.43 bits per heavy atom. The average Bonchev–Trinajstić information content (AvgIpc) is 2.75. The van der Waals surface area contributed by atoms with Gasteiger partial charge in [-0.3, -0.25) is 0 Å². The Morgan fingerprint density at radius 3 is 1.93 bits per heavy atom. The van der Waals surface area contributed by atoms with Crippen LogP contribution >= 0.6 is 11.6 Å². The molecule has 2 aliphatic carbocycles. The highest BCUT2D eigenvalue weighted by molar-refractivity contribution is 6.24. The molecule has 0 radical (unpaired) electrons. The number of halogens is 1. The molecule has 2 fully saturated rings. The monoisotopic (exact) mass is 206 g/mol. The minimum absolute atomic E-state index is 0.0126. The first-order chi connectivity index (χ1) is 6.82. The van der Waals surface area contributed by atoms with Crippen LogP contribution in [0.5, 0.6) is 0 Å². The highest BCUT2D eigenvalue weighted by Crippen LogP contribution is 2.61. The molecule has 0 amide bonds. The lowest BCUT2D eigenvalue weighted by atomic mass is 9.88. The Kier molecular flexibility index (Phi) is 1.88. The van der Waals surface area contributed by atoms with Crippen LogP contribution in [0.1, 0.15) is 31.2 Å². The number of hydrogen-bond acceptors (Lipinski definition) is 0. The number of alkyl halides is 1. The normalized spacial score (nSPS) is 40.4. The van der Waals surface area contributed by atoms with E-state index < -0.39 is 0 Å². The van der Waals surface area contributed by atoms with Gasteiger partial charge in [0, 0.05) is 0 Å².